The summed E-state index contributed by atoms with van der Waals surface area (Å²) in [4.78, 5) is 22.5. The van der Waals surface area contributed by atoms with Crippen molar-refractivity contribution in [2.75, 3.05) is 6.61 Å². The molecule has 0 aliphatic carbocycles. The van der Waals surface area contributed by atoms with Gasteiger partial charge < -0.3 is 9.15 Å². The van der Waals surface area contributed by atoms with Gasteiger partial charge in [-0.3, -0.25) is 4.79 Å². The maximum Gasteiger partial charge on any atom is 0.342 e. The van der Waals surface area contributed by atoms with E-state index in [1.54, 1.807) is 19.1 Å². The summed E-state index contributed by atoms with van der Waals surface area (Å²) in [6.45, 7) is 2.02. The van der Waals surface area contributed by atoms with Gasteiger partial charge in [0.15, 0.2) is 6.29 Å². The Bertz CT molecular complexity index is 585. The molecule has 0 aliphatic rings. The second-order valence-electron chi connectivity index (χ2n) is 3.36. The lowest BCUT2D eigenvalue weighted by molar-refractivity contribution is 0.0527. The van der Waals surface area contributed by atoms with Gasteiger partial charge in [0.1, 0.15) is 17.4 Å². The smallest absolute Gasteiger partial charge is 0.342 e. The van der Waals surface area contributed by atoms with E-state index in [1.165, 1.54) is 6.26 Å². The molecule has 0 N–H and O–H groups in total. The molecule has 0 radical (unpaired) electrons. The van der Waals surface area contributed by atoms with Crippen LogP contribution in [0.5, 0.6) is 0 Å². The van der Waals surface area contributed by atoms with Crippen molar-refractivity contribution in [1.29, 1.82) is 0 Å². The molecule has 1 aromatic carbocycles. The Labute approximate surface area is 106 Å². The van der Waals surface area contributed by atoms with Crippen LogP contribution in [-0.4, -0.2) is 18.9 Å². The number of aldehydes is 1. The Balaban J connectivity index is 2.64. The van der Waals surface area contributed by atoms with Crippen molar-refractivity contribution in [2.45, 2.75) is 6.92 Å². The van der Waals surface area contributed by atoms with Crippen LogP contribution in [0.25, 0.3) is 11.0 Å². The van der Waals surface area contributed by atoms with E-state index in [4.69, 9.17) is 9.15 Å². The second kappa shape index (κ2) is 4.71. The summed E-state index contributed by atoms with van der Waals surface area (Å²) in [5.74, 6) is -0.457. The lowest BCUT2D eigenvalue weighted by Gasteiger charge is -1.99. The van der Waals surface area contributed by atoms with Crippen LogP contribution in [0.3, 0.4) is 0 Å². The predicted molar refractivity (Wildman–Crippen MR) is 65.3 cm³/mol. The van der Waals surface area contributed by atoms with Gasteiger partial charge in [0, 0.05) is 9.86 Å². The molecule has 0 aliphatic heterocycles. The number of benzene rings is 1. The molecule has 88 valence electrons. The van der Waals surface area contributed by atoms with Crippen LogP contribution in [0.4, 0.5) is 0 Å². The van der Waals surface area contributed by atoms with Gasteiger partial charge in [-0.15, -0.1) is 0 Å². The van der Waals surface area contributed by atoms with Crippen molar-refractivity contribution in [3.05, 3.63) is 34.0 Å². The Morgan fingerprint density at radius 1 is 1.53 bits per heavy atom. The molecular formula is C12H9BrO4. The van der Waals surface area contributed by atoms with Crippen LogP contribution >= 0.6 is 15.9 Å². The van der Waals surface area contributed by atoms with Gasteiger partial charge in [-0.05, 0) is 19.1 Å². The first-order chi connectivity index (χ1) is 8.17. The van der Waals surface area contributed by atoms with Crippen LogP contribution < -0.4 is 0 Å². The fraction of sp³-hybridized carbons (Fsp3) is 0.167. The molecule has 0 spiro atoms. The van der Waals surface area contributed by atoms with Crippen molar-refractivity contribution in [3.63, 3.8) is 0 Å². The molecule has 17 heavy (non-hydrogen) atoms. The summed E-state index contributed by atoms with van der Waals surface area (Å²) in [7, 11) is 0. The number of hydrogen-bond donors (Lipinski definition) is 0. The van der Waals surface area contributed by atoms with E-state index in [0.29, 0.717) is 39.5 Å². The number of rotatable bonds is 3. The summed E-state index contributed by atoms with van der Waals surface area (Å²) in [6, 6.07) is 3.35. The van der Waals surface area contributed by atoms with Gasteiger partial charge in [-0.25, -0.2) is 4.79 Å². The predicted octanol–water partition coefficient (Wildman–Crippen LogP) is 3.18. The molecule has 0 fully saturated rings. The van der Waals surface area contributed by atoms with Crippen molar-refractivity contribution in [1.82, 2.24) is 0 Å². The summed E-state index contributed by atoms with van der Waals surface area (Å²) in [6.07, 6.45) is 1.99. The van der Waals surface area contributed by atoms with Crippen molar-refractivity contribution in [2.24, 2.45) is 0 Å². The first kappa shape index (κ1) is 11.9. The molecule has 4 nitrogen and oxygen atoms in total. The van der Waals surface area contributed by atoms with Crippen LogP contribution in [0.2, 0.25) is 0 Å². The largest absolute Gasteiger partial charge is 0.463 e. The average Bonchev–Trinajstić information content (AvgIpc) is 2.71. The summed E-state index contributed by atoms with van der Waals surface area (Å²) >= 11 is 3.28. The van der Waals surface area contributed by atoms with E-state index >= 15 is 0 Å². The number of ether oxygens (including phenoxy) is 1. The Hall–Kier alpha value is -1.62. The minimum absolute atomic E-state index is 0.292. The standard InChI is InChI=1S/C12H9BrO4/c1-2-16-12(15)10-6-17-11-7(5-14)3-8(13)4-9(10)11/h3-6H,2H2,1H3. The molecular weight excluding hydrogens is 288 g/mol. The van der Waals surface area contributed by atoms with Crippen molar-refractivity contribution >= 4 is 39.2 Å². The first-order valence-corrected chi connectivity index (χ1v) is 5.79. The maximum atomic E-state index is 11.6. The molecule has 0 saturated heterocycles. The summed E-state index contributed by atoms with van der Waals surface area (Å²) < 4.78 is 10.9. The maximum absolute atomic E-state index is 11.6. The second-order valence-corrected chi connectivity index (χ2v) is 4.28. The van der Waals surface area contributed by atoms with Crippen LogP contribution in [-0.2, 0) is 4.74 Å². The SMILES string of the molecule is CCOC(=O)c1coc2c(C=O)cc(Br)cc12. The van der Waals surface area contributed by atoms with Gasteiger partial charge >= 0.3 is 5.97 Å². The third-order valence-corrected chi connectivity index (χ3v) is 2.75. The average molecular weight is 297 g/mol. The third-order valence-electron chi connectivity index (χ3n) is 2.29. The highest BCUT2D eigenvalue weighted by molar-refractivity contribution is 9.10. The number of esters is 1. The van der Waals surface area contributed by atoms with E-state index in [1.807, 2.05) is 0 Å². The quantitative estimate of drug-likeness (QED) is 0.645. The zero-order valence-corrected chi connectivity index (χ0v) is 10.6. The van der Waals surface area contributed by atoms with Gasteiger partial charge in [0.2, 0.25) is 0 Å². The highest BCUT2D eigenvalue weighted by Crippen LogP contribution is 2.28. The van der Waals surface area contributed by atoms with Crippen LogP contribution in [0.1, 0.15) is 27.6 Å². The monoisotopic (exact) mass is 296 g/mol. The van der Waals surface area contributed by atoms with Gasteiger partial charge in [-0.2, -0.15) is 0 Å². The fourth-order valence-corrected chi connectivity index (χ4v) is 2.06. The highest BCUT2D eigenvalue weighted by atomic mass is 79.9. The van der Waals surface area contributed by atoms with Crippen LogP contribution in [0.15, 0.2) is 27.3 Å². The zero-order valence-electron chi connectivity index (χ0n) is 9.03. The van der Waals surface area contributed by atoms with E-state index in [-0.39, 0.29) is 0 Å². The summed E-state index contributed by atoms with van der Waals surface area (Å²) in [5, 5.41) is 0.569. The summed E-state index contributed by atoms with van der Waals surface area (Å²) in [5.41, 5.74) is 1.11. The number of hydrogen-bond acceptors (Lipinski definition) is 4. The molecule has 5 heteroatoms. The molecule has 0 unspecified atom stereocenters. The zero-order chi connectivity index (χ0) is 12.4. The normalized spacial score (nSPS) is 10.5. The van der Waals surface area contributed by atoms with E-state index in [2.05, 4.69) is 15.9 Å². The highest BCUT2D eigenvalue weighted by Gasteiger charge is 2.17. The lowest BCUT2D eigenvalue weighted by atomic mass is 10.1. The molecule has 2 aromatic rings. The van der Waals surface area contributed by atoms with E-state index < -0.39 is 5.97 Å². The number of furan rings is 1. The molecule has 0 atom stereocenters. The Morgan fingerprint density at radius 3 is 2.94 bits per heavy atom. The topological polar surface area (TPSA) is 56.5 Å². The first-order valence-electron chi connectivity index (χ1n) is 5.00. The third kappa shape index (κ3) is 2.10. The number of carbonyl (C=O) groups excluding carboxylic acids is 2. The van der Waals surface area contributed by atoms with E-state index in [0.717, 1.165) is 0 Å². The molecule has 0 saturated carbocycles. The minimum atomic E-state index is -0.457. The lowest BCUT2D eigenvalue weighted by Crippen LogP contribution is -2.03. The van der Waals surface area contributed by atoms with Gasteiger partial charge in [-0.1, -0.05) is 15.9 Å². The number of carbonyl (C=O) groups is 2. The number of fused-ring (bicyclic) bond motifs is 1. The minimum Gasteiger partial charge on any atom is -0.463 e. The molecule has 0 amide bonds. The van der Waals surface area contributed by atoms with Crippen molar-refractivity contribution < 1.29 is 18.7 Å². The van der Waals surface area contributed by atoms with Crippen LogP contribution in [0, 0.1) is 0 Å². The van der Waals surface area contributed by atoms with Crippen molar-refractivity contribution in [3.8, 4) is 0 Å². The van der Waals surface area contributed by atoms with E-state index in [9.17, 15) is 9.59 Å². The molecule has 1 aromatic heterocycles. The molecule has 1 heterocycles. The number of halogens is 1. The fourth-order valence-electron chi connectivity index (χ4n) is 1.58. The van der Waals surface area contributed by atoms with Gasteiger partial charge in [0.25, 0.3) is 0 Å². The molecule has 0 bridgehead atoms. The van der Waals surface area contributed by atoms with Gasteiger partial charge in [0.05, 0.1) is 12.2 Å². The Kier molecular flexibility index (Phi) is 3.28. The Morgan fingerprint density at radius 2 is 2.29 bits per heavy atom. The molecule has 2 rings (SSSR count).